The summed E-state index contributed by atoms with van der Waals surface area (Å²) in [4.78, 5) is 31.4. The van der Waals surface area contributed by atoms with Gasteiger partial charge in [-0.15, -0.1) is 11.3 Å². The molecule has 0 bridgehead atoms. The molecule has 34 heavy (non-hydrogen) atoms. The fourth-order valence-corrected chi connectivity index (χ4v) is 5.85. The zero-order valence-electron chi connectivity index (χ0n) is 19.1. The van der Waals surface area contributed by atoms with Crippen molar-refractivity contribution in [3.8, 4) is 11.6 Å². The zero-order chi connectivity index (χ0) is 24.0. The van der Waals surface area contributed by atoms with Gasteiger partial charge in [0.25, 0.3) is 11.5 Å². The van der Waals surface area contributed by atoms with Gasteiger partial charge in [-0.25, -0.2) is 9.56 Å². The average Bonchev–Trinajstić information content (AvgIpc) is 3.20. The van der Waals surface area contributed by atoms with Gasteiger partial charge in [0, 0.05) is 21.9 Å². The molecule has 0 fully saturated rings. The third-order valence-electron chi connectivity index (χ3n) is 6.56. The molecule has 2 heterocycles. The monoisotopic (exact) mass is 471 g/mol. The summed E-state index contributed by atoms with van der Waals surface area (Å²) in [7, 11) is 0. The van der Waals surface area contributed by atoms with E-state index in [0.717, 1.165) is 47.3 Å². The number of hydrogen-bond donors (Lipinski definition) is 2. The predicted molar refractivity (Wildman–Crippen MR) is 137 cm³/mol. The van der Waals surface area contributed by atoms with Crippen LogP contribution in [0.25, 0.3) is 16.5 Å². The van der Waals surface area contributed by atoms with Crippen LogP contribution in [0.2, 0.25) is 0 Å². The summed E-state index contributed by atoms with van der Waals surface area (Å²) < 4.78 is 1.31. The Morgan fingerprint density at radius 3 is 2.56 bits per heavy atom. The lowest BCUT2D eigenvalue weighted by molar-refractivity contribution is 0.100. The first kappa shape index (κ1) is 22.1. The van der Waals surface area contributed by atoms with E-state index in [4.69, 9.17) is 5.73 Å². The first-order chi connectivity index (χ1) is 16.4. The fraction of sp³-hybridized carbons (Fsp3) is 0.222. The van der Waals surface area contributed by atoms with Gasteiger partial charge in [-0.05, 0) is 74.4 Å². The van der Waals surface area contributed by atoms with Crippen molar-refractivity contribution in [1.29, 1.82) is 0 Å². The molecular formula is C27H25N3O3S. The molecule has 2 aromatic heterocycles. The number of aromatic hydroxyl groups is 1. The Hall–Kier alpha value is -3.71. The quantitative estimate of drug-likeness (QED) is 0.405. The van der Waals surface area contributed by atoms with Crippen LogP contribution >= 0.6 is 11.3 Å². The standard InChI is InChI=1S/C27H25N3O3S/c1-15-11-12-17(13-16(15)2)30-26(32)19-8-4-3-7-18(19)21(27(30)33)14-29-25-23(24(28)31)20-9-5-6-10-22(20)34-25/h3-4,7-8,11-14,33H,5-6,9-10H2,1-2H3,(H2,28,31). The molecule has 0 spiro atoms. The highest BCUT2D eigenvalue weighted by atomic mass is 32.1. The normalized spacial score (nSPS) is 13.5. The zero-order valence-corrected chi connectivity index (χ0v) is 19.9. The smallest absolute Gasteiger partial charge is 0.265 e. The van der Waals surface area contributed by atoms with Crippen molar-refractivity contribution >= 4 is 39.2 Å². The third kappa shape index (κ3) is 3.62. The Morgan fingerprint density at radius 2 is 1.82 bits per heavy atom. The van der Waals surface area contributed by atoms with Gasteiger partial charge in [0.2, 0.25) is 5.88 Å². The number of pyridine rings is 1. The second-order valence-electron chi connectivity index (χ2n) is 8.71. The molecule has 2 aromatic carbocycles. The van der Waals surface area contributed by atoms with E-state index >= 15 is 0 Å². The summed E-state index contributed by atoms with van der Waals surface area (Å²) in [5, 5.41) is 12.9. The van der Waals surface area contributed by atoms with E-state index < -0.39 is 5.91 Å². The van der Waals surface area contributed by atoms with Crippen molar-refractivity contribution in [3.63, 3.8) is 0 Å². The van der Waals surface area contributed by atoms with E-state index in [1.165, 1.54) is 15.9 Å². The van der Waals surface area contributed by atoms with Crippen molar-refractivity contribution in [2.24, 2.45) is 10.7 Å². The molecule has 6 nitrogen and oxygen atoms in total. The van der Waals surface area contributed by atoms with E-state index in [1.54, 1.807) is 24.4 Å². The maximum Gasteiger partial charge on any atom is 0.265 e. The molecule has 0 radical (unpaired) electrons. The van der Waals surface area contributed by atoms with E-state index in [0.29, 0.717) is 32.6 Å². The van der Waals surface area contributed by atoms with E-state index in [1.807, 2.05) is 38.1 Å². The Morgan fingerprint density at radius 1 is 1.09 bits per heavy atom. The first-order valence-corrected chi connectivity index (χ1v) is 12.1. The summed E-state index contributed by atoms with van der Waals surface area (Å²) in [6.07, 6.45) is 5.40. The van der Waals surface area contributed by atoms with Gasteiger partial charge in [-0.3, -0.25) is 9.59 Å². The van der Waals surface area contributed by atoms with Crippen LogP contribution in [0.3, 0.4) is 0 Å². The van der Waals surface area contributed by atoms with Crippen LogP contribution in [0.15, 0.2) is 52.3 Å². The maximum atomic E-state index is 13.3. The molecule has 4 aromatic rings. The molecule has 0 unspecified atom stereocenters. The van der Waals surface area contributed by atoms with Gasteiger partial charge >= 0.3 is 0 Å². The number of aliphatic imine (C=N–C) groups is 1. The minimum Gasteiger partial charge on any atom is -0.494 e. The second kappa shape index (κ2) is 8.57. The molecule has 172 valence electrons. The lowest BCUT2D eigenvalue weighted by atomic mass is 9.95. The van der Waals surface area contributed by atoms with Crippen molar-refractivity contribution in [3.05, 3.63) is 85.5 Å². The van der Waals surface area contributed by atoms with Crippen LogP contribution in [0, 0.1) is 13.8 Å². The van der Waals surface area contributed by atoms with Crippen LogP contribution in [-0.4, -0.2) is 21.8 Å². The highest BCUT2D eigenvalue weighted by Crippen LogP contribution is 2.40. The molecule has 7 heteroatoms. The maximum absolute atomic E-state index is 13.3. The summed E-state index contributed by atoms with van der Waals surface area (Å²) in [6.45, 7) is 3.96. The highest BCUT2D eigenvalue weighted by molar-refractivity contribution is 7.16. The average molecular weight is 472 g/mol. The van der Waals surface area contributed by atoms with Crippen LogP contribution in [0.4, 0.5) is 5.00 Å². The van der Waals surface area contributed by atoms with Gasteiger partial charge in [-0.2, -0.15) is 0 Å². The van der Waals surface area contributed by atoms with E-state index in [-0.39, 0.29) is 11.4 Å². The number of amides is 1. The third-order valence-corrected chi connectivity index (χ3v) is 7.76. The Balaban J connectivity index is 1.73. The Bertz CT molecular complexity index is 1550. The summed E-state index contributed by atoms with van der Waals surface area (Å²) >= 11 is 1.48. The SMILES string of the molecule is Cc1ccc(-n2c(O)c(C=Nc3sc4c(c3C(N)=O)CCCC4)c3ccccc3c2=O)cc1C. The molecule has 5 rings (SSSR count). The lowest BCUT2D eigenvalue weighted by Crippen LogP contribution is -2.20. The number of carbonyl (C=O) groups is 1. The van der Waals surface area contributed by atoms with Gasteiger partial charge in [0.05, 0.1) is 16.8 Å². The Kier molecular flexibility index (Phi) is 5.57. The number of fused-ring (bicyclic) bond motifs is 2. The number of nitrogens with zero attached hydrogens (tertiary/aromatic N) is 2. The van der Waals surface area contributed by atoms with Crippen LogP contribution < -0.4 is 11.3 Å². The highest BCUT2D eigenvalue weighted by Gasteiger charge is 2.24. The van der Waals surface area contributed by atoms with Gasteiger partial charge in [0.1, 0.15) is 5.00 Å². The summed E-state index contributed by atoms with van der Waals surface area (Å²) in [5.41, 5.74) is 9.99. The van der Waals surface area contributed by atoms with Crippen LogP contribution in [-0.2, 0) is 12.8 Å². The molecule has 1 aliphatic rings. The largest absolute Gasteiger partial charge is 0.494 e. The number of nitrogens with two attached hydrogens (primary N) is 1. The number of benzene rings is 2. The number of thiophene rings is 1. The topological polar surface area (TPSA) is 97.7 Å². The summed E-state index contributed by atoms with van der Waals surface area (Å²) in [6, 6.07) is 12.8. The number of rotatable bonds is 4. The van der Waals surface area contributed by atoms with E-state index in [2.05, 4.69) is 4.99 Å². The van der Waals surface area contributed by atoms with Crippen LogP contribution in [0.1, 0.15) is 50.3 Å². The summed E-state index contributed by atoms with van der Waals surface area (Å²) in [5.74, 6) is -0.682. The van der Waals surface area contributed by atoms with Crippen molar-refractivity contribution in [2.45, 2.75) is 39.5 Å². The fourth-order valence-electron chi connectivity index (χ4n) is 4.61. The van der Waals surface area contributed by atoms with Crippen molar-refractivity contribution in [2.75, 3.05) is 0 Å². The predicted octanol–water partition coefficient (Wildman–Crippen LogP) is 5.10. The number of hydrogen-bond acceptors (Lipinski definition) is 5. The molecule has 0 saturated heterocycles. The minimum absolute atomic E-state index is 0.197. The van der Waals surface area contributed by atoms with Gasteiger partial charge in [0.15, 0.2) is 0 Å². The molecular weight excluding hydrogens is 446 g/mol. The van der Waals surface area contributed by atoms with Crippen molar-refractivity contribution < 1.29 is 9.90 Å². The first-order valence-electron chi connectivity index (χ1n) is 11.3. The second-order valence-corrected chi connectivity index (χ2v) is 9.79. The van der Waals surface area contributed by atoms with Gasteiger partial charge < -0.3 is 10.8 Å². The molecule has 3 N–H and O–H groups in total. The number of aryl methyl sites for hydroxylation is 3. The number of primary amides is 1. The minimum atomic E-state index is -0.485. The molecule has 0 saturated carbocycles. The molecule has 1 aliphatic carbocycles. The molecule has 1 amide bonds. The molecule has 0 atom stereocenters. The number of aromatic nitrogens is 1. The number of carbonyl (C=O) groups excluding carboxylic acids is 1. The van der Waals surface area contributed by atoms with Crippen molar-refractivity contribution in [1.82, 2.24) is 4.57 Å². The molecule has 0 aliphatic heterocycles. The van der Waals surface area contributed by atoms with Gasteiger partial charge in [-0.1, -0.05) is 24.3 Å². The lowest BCUT2D eigenvalue weighted by Gasteiger charge is -2.14. The van der Waals surface area contributed by atoms with E-state index in [9.17, 15) is 14.7 Å². The Labute approximate surface area is 201 Å². The van der Waals surface area contributed by atoms with Crippen LogP contribution in [0.5, 0.6) is 5.88 Å².